The number of rotatable bonds is 5. The van der Waals surface area contributed by atoms with Crippen LogP contribution in [0.4, 0.5) is 0 Å². The van der Waals surface area contributed by atoms with Crippen LogP contribution in [0.1, 0.15) is 31.4 Å². The van der Waals surface area contributed by atoms with Crippen LogP contribution in [0.25, 0.3) is 5.69 Å². The van der Waals surface area contributed by atoms with Crippen LogP contribution in [0.3, 0.4) is 0 Å². The number of nitrogens with two attached hydrogens (primary N) is 1. The van der Waals surface area contributed by atoms with Gasteiger partial charge in [0.25, 0.3) is 0 Å². The Morgan fingerprint density at radius 1 is 1.42 bits per heavy atom. The second-order valence-electron chi connectivity index (χ2n) is 5.83. The summed E-state index contributed by atoms with van der Waals surface area (Å²) < 4.78 is 7.43. The van der Waals surface area contributed by atoms with E-state index in [0.29, 0.717) is 6.54 Å². The molecular weight excluding hydrogens is 328 g/mol. The van der Waals surface area contributed by atoms with E-state index in [1.54, 1.807) is 10.9 Å². The van der Waals surface area contributed by atoms with Crippen molar-refractivity contribution >= 4 is 18.3 Å². The van der Waals surface area contributed by atoms with Gasteiger partial charge in [0.15, 0.2) is 0 Å². The number of nitrogens with one attached hydrogen (secondary N) is 1. The summed E-state index contributed by atoms with van der Waals surface area (Å²) in [6.45, 7) is 2.43. The summed E-state index contributed by atoms with van der Waals surface area (Å²) in [7, 11) is 0. The van der Waals surface area contributed by atoms with E-state index in [2.05, 4.69) is 10.4 Å². The number of ether oxygens (including phenoxy) is 1. The number of hydrogen-bond donors (Lipinski definition) is 2. The number of hydrogen-bond acceptors (Lipinski definition) is 4. The largest absolute Gasteiger partial charge is 0.364 e. The summed E-state index contributed by atoms with van der Waals surface area (Å²) >= 11 is 0. The van der Waals surface area contributed by atoms with Gasteiger partial charge in [-0.2, -0.15) is 5.10 Å². The van der Waals surface area contributed by atoms with E-state index in [0.717, 1.165) is 24.1 Å². The monoisotopic (exact) mass is 350 g/mol. The molecule has 0 spiro atoms. The molecular formula is C17H23ClN4O2. The van der Waals surface area contributed by atoms with Crippen LogP contribution in [0.15, 0.2) is 42.7 Å². The molecule has 0 bridgehead atoms. The Morgan fingerprint density at radius 3 is 2.75 bits per heavy atom. The van der Waals surface area contributed by atoms with Crippen LogP contribution in [0.2, 0.25) is 0 Å². The van der Waals surface area contributed by atoms with Crippen LogP contribution >= 0.6 is 12.4 Å². The molecule has 1 aliphatic rings. The normalized spacial score (nSPS) is 21.1. The third kappa shape index (κ3) is 4.14. The summed E-state index contributed by atoms with van der Waals surface area (Å²) in [5.74, 6) is -0.0652. The van der Waals surface area contributed by atoms with Crippen molar-refractivity contribution in [3.63, 3.8) is 0 Å². The van der Waals surface area contributed by atoms with Crippen LogP contribution in [-0.4, -0.2) is 34.4 Å². The lowest BCUT2D eigenvalue weighted by atomic mass is 10.1. The van der Waals surface area contributed by atoms with E-state index >= 15 is 0 Å². The molecule has 1 unspecified atom stereocenters. The fourth-order valence-corrected chi connectivity index (χ4v) is 2.80. The lowest BCUT2D eigenvalue weighted by molar-refractivity contribution is -0.132. The molecule has 130 valence electrons. The maximum Gasteiger partial charge on any atom is 0.249 e. The average molecular weight is 351 g/mol. The molecule has 3 N–H and O–H groups in total. The lowest BCUT2D eigenvalue weighted by Crippen LogP contribution is -2.37. The van der Waals surface area contributed by atoms with Crippen molar-refractivity contribution in [2.75, 3.05) is 6.54 Å². The third-order valence-electron chi connectivity index (χ3n) is 4.18. The molecule has 0 radical (unpaired) electrons. The van der Waals surface area contributed by atoms with Crippen molar-refractivity contribution in [2.45, 2.75) is 38.0 Å². The first-order valence-corrected chi connectivity index (χ1v) is 7.93. The van der Waals surface area contributed by atoms with E-state index in [4.69, 9.17) is 10.5 Å². The molecule has 1 amide bonds. The van der Waals surface area contributed by atoms with Gasteiger partial charge in [-0.25, -0.2) is 4.68 Å². The Labute approximate surface area is 147 Å². The molecule has 0 saturated carbocycles. The molecule has 1 aliphatic heterocycles. The van der Waals surface area contributed by atoms with Gasteiger partial charge in [0.05, 0.1) is 17.8 Å². The first-order chi connectivity index (χ1) is 11.2. The molecule has 1 aromatic carbocycles. The molecule has 1 fully saturated rings. The zero-order valence-electron chi connectivity index (χ0n) is 13.6. The number of carbonyl (C=O) groups excluding carboxylic acids is 1. The van der Waals surface area contributed by atoms with E-state index in [9.17, 15) is 4.79 Å². The summed E-state index contributed by atoms with van der Waals surface area (Å²) in [5.41, 5.74) is 7.61. The van der Waals surface area contributed by atoms with Crippen molar-refractivity contribution in [3.8, 4) is 5.69 Å². The maximum absolute atomic E-state index is 12.3. The zero-order valence-corrected chi connectivity index (χ0v) is 14.4. The molecule has 0 aliphatic carbocycles. The Bertz CT molecular complexity index is 645. The lowest BCUT2D eigenvalue weighted by Gasteiger charge is -2.18. The quantitative estimate of drug-likeness (QED) is 0.863. The molecule has 3 rings (SSSR count). The number of nitrogens with zero attached hydrogens (tertiary/aromatic N) is 2. The fraction of sp³-hybridized carbons (Fsp3) is 0.412. The number of halogens is 1. The van der Waals surface area contributed by atoms with E-state index in [-0.39, 0.29) is 36.6 Å². The van der Waals surface area contributed by atoms with Crippen molar-refractivity contribution in [3.05, 3.63) is 48.3 Å². The van der Waals surface area contributed by atoms with Crippen LogP contribution in [-0.2, 0) is 9.53 Å². The number of benzene rings is 1. The van der Waals surface area contributed by atoms with Gasteiger partial charge in [0.1, 0.15) is 6.10 Å². The molecule has 2 aromatic rings. The number of carbonyl (C=O) groups is 1. The second kappa shape index (κ2) is 8.28. The van der Waals surface area contributed by atoms with Gasteiger partial charge in [0, 0.05) is 18.9 Å². The highest BCUT2D eigenvalue weighted by atomic mass is 35.5. The molecule has 3 atom stereocenters. The summed E-state index contributed by atoms with van der Waals surface area (Å²) in [4.78, 5) is 12.3. The maximum atomic E-state index is 12.3. The SMILES string of the molecule is CC(NC(=O)[C@@H]1CC[C@H](CN)O1)c1ccc(-n2cccn2)cc1.Cl. The Hall–Kier alpha value is -1.89. The molecule has 1 saturated heterocycles. The molecule has 1 aromatic heterocycles. The molecule has 24 heavy (non-hydrogen) atoms. The van der Waals surface area contributed by atoms with Gasteiger partial charge in [-0.3, -0.25) is 4.79 Å². The first kappa shape index (κ1) is 18.4. The second-order valence-corrected chi connectivity index (χ2v) is 5.83. The predicted molar refractivity (Wildman–Crippen MR) is 94.3 cm³/mol. The molecule has 6 nitrogen and oxygen atoms in total. The number of amides is 1. The third-order valence-corrected chi connectivity index (χ3v) is 4.18. The Kier molecular flexibility index (Phi) is 6.36. The van der Waals surface area contributed by atoms with Crippen LogP contribution in [0.5, 0.6) is 0 Å². The van der Waals surface area contributed by atoms with E-state index < -0.39 is 0 Å². The standard InChI is InChI=1S/C17H22N4O2.ClH/c1-12(20-17(22)16-8-7-15(11-18)23-16)13-3-5-14(6-4-13)21-10-2-9-19-21;/h2-6,9-10,12,15-16H,7-8,11,18H2,1H3,(H,20,22);1H/t12?,15-,16+;/m1./s1. The first-order valence-electron chi connectivity index (χ1n) is 7.93. The summed E-state index contributed by atoms with van der Waals surface area (Å²) in [6, 6.07) is 9.78. The smallest absolute Gasteiger partial charge is 0.249 e. The minimum Gasteiger partial charge on any atom is -0.364 e. The van der Waals surface area contributed by atoms with Gasteiger partial charge in [-0.1, -0.05) is 12.1 Å². The van der Waals surface area contributed by atoms with Gasteiger partial charge in [-0.15, -0.1) is 12.4 Å². The van der Waals surface area contributed by atoms with E-state index in [1.807, 2.05) is 43.5 Å². The Morgan fingerprint density at radius 2 is 2.17 bits per heavy atom. The summed E-state index contributed by atoms with van der Waals surface area (Å²) in [5, 5.41) is 7.21. The van der Waals surface area contributed by atoms with E-state index in [1.165, 1.54) is 0 Å². The summed E-state index contributed by atoms with van der Waals surface area (Å²) in [6.07, 6.45) is 4.85. The zero-order chi connectivity index (χ0) is 16.2. The number of aromatic nitrogens is 2. The van der Waals surface area contributed by atoms with Crippen LogP contribution in [0, 0.1) is 0 Å². The van der Waals surface area contributed by atoms with Crippen molar-refractivity contribution in [1.29, 1.82) is 0 Å². The topological polar surface area (TPSA) is 82.2 Å². The highest BCUT2D eigenvalue weighted by Crippen LogP contribution is 2.21. The van der Waals surface area contributed by atoms with Gasteiger partial charge >= 0.3 is 0 Å². The Balaban J connectivity index is 0.00000208. The van der Waals surface area contributed by atoms with Crippen molar-refractivity contribution in [1.82, 2.24) is 15.1 Å². The minimum atomic E-state index is -0.380. The van der Waals surface area contributed by atoms with Crippen LogP contribution < -0.4 is 11.1 Å². The predicted octanol–water partition coefficient (Wildman–Crippen LogP) is 1.98. The molecule has 2 heterocycles. The van der Waals surface area contributed by atoms with Gasteiger partial charge in [-0.05, 0) is 43.5 Å². The average Bonchev–Trinajstić information content (AvgIpc) is 3.26. The highest BCUT2D eigenvalue weighted by molar-refractivity contribution is 5.85. The van der Waals surface area contributed by atoms with Crippen molar-refractivity contribution in [2.24, 2.45) is 5.73 Å². The highest BCUT2D eigenvalue weighted by Gasteiger charge is 2.30. The molecule has 7 heteroatoms. The minimum absolute atomic E-state index is 0. The van der Waals surface area contributed by atoms with Crippen molar-refractivity contribution < 1.29 is 9.53 Å². The fourth-order valence-electron chi connectivity index (χ4n) is 2.80. The van der Waals surface area contributed by atoms with Gasteiger partial charge < -0.3 is 15.8 Å². The van der Waals surface area contributed by atoms with Gasteiger partial charge in [0.2, 0.25) is 5.91 Å².